The molecule has 196 valence electrons. The summed E-state index contributed by atoms with van der Waals surface area (Å²) in [5, 5.41) is 12.9. The van der Waals surface area contributed by atoms with Gasteiger partial charge in [0.15, 0.2) is 0 Å². The van der Waals surface area contributed by atoms with Gasteiger partial charge in [-0.3, -0.25) is 4.90 Å². The molecule has 5 nitrogen and oxygen atoms in total. The lowest BCUT2D eigenvalue weighted by Crippen LogP contribution is -2.52. The second-order valence-corrected chi connectivity index (χ2v) is 11.0. The van der Waals surface area contributed by atoms with Crippen molar-refractivity contribution in [3.05, 3.63) is 58.1 Å². The van der Waals surface area contributed by atoms with Gasteiger partial charge in [-0.05, 0) is 48.1 Å². The molecule has 36 heavy (non-hydrogen) atoms. The summed E-state index contributed by atoms with van der Waals surface area (Å²) >= 11 is 12.3. The van der Waals surface area contributed by atoms with Crippen LogP contribution in [0.15, 0.2) is 42.5 Å². The molecule has 1 aliphatic heterocycles. The van der Waals surface area contributed by atoms with Crippen molar-refractivity contribution in [2.24, 2.45) is 0 Å². The number of benzene rings is 2. The van der Waals surface area contributed by atoms with Crippen LogP contribution in [0, 0.1) is 0 Å². The Balaban J connectivity index is 1.46. The Labute approximate surface area is 225 Å². The maximum atomic E-state index is 12.3. The maximum Gasteiger partial charge on any atom is 0.409 e. The first kappa shape index (κ1) is 27.3. The van der Waals surface area contributed by atoms with Crippen LogP contribution < -0.4 is 0 Å². The zero-order valence-corrected chi connectivity index (χ0v) is 22.7. The quantitative estimate of drug-likeness (QED) is 0.372. The maximum absolute atomic E-state index is 12.3. The first-order chi connectivity index (χ1) is 17.4. The lowest BCUT2D eigenvalue weighted by molar-refractivity contribution is -0.0342. The average Bonchev–Trinajstić information content (AvgIpc) is 2.90. The summed E-state index contributed by atoms with van der Waals surface area (Å²) in [6, 6.07) is 14.2. The van der Waals surface area contributed by atoms with Gasteiger partial charge in [0.2, 0.25) is 0 Å². The van der Waals surface area contributed by atoms with E-state index in [1.165, 1.54) is 6.42 Å². The van der Waals surface area contributed by atoms with E-state index in [9.17, 15) is 9.90 Å². The Morgan fingerprint density at radius 1 is 0.972 bits per heavy atom. The van der Waals surface area contributed by atoms with Gasteiger partial charge in [0.25, 0.3) is 0 Å². The topological polar surface area (TPSA) is 53.0 Å². The van der Waals surface area contributed by atoms with E-state index in [1.54, 1.807) is 0 Å². The minimum atomic E-state index is -0.709. The van der Waals surface area contributed by atoms with Crippen molar-refractivity contribution in [1.82, 2.24) is 9.80 Å². The van der Waals surface area contributed by atoms with Gasteiger partial charge in [0, 0.05) is 38.6 Å². The number of aliphatic hydroxyl groups is 1. The molecular weight excluding hydrogens is 495 g/mol. The molecule has 0 aromatic heterocycles. The fraction of sp³-hybridized carbons (Fsp3) is 0.552. The Bertz CT molecular complexity index is 1000. The third-order valence-corrected chi connectivity index (χ3v) is 8.47. The Morgan fingerprint density at radius 2 is 1.64 bits per heavy atom. The molecule has 1 saturated carbocycles. The molecule has 4 rings (SSSR count). The molecule has 0 bridgehead atoms. The number of unbranched alkanes of at least 4 members (excludes halogenated alkanes) is 1. The van der Waals surface area contributed by atoms with Crippen LogP contribution >= 0.6 is 23.2 Å². The highest BCUT2D eigenvalue weighted by Gasteiger charge is 2.40. The Hall–Kier alpha value is -1.79. The number of ether oxygens (including phenoxy) is 1. The first-order valence-corrected chi connectivity index (χ1v) is 14.1. The van der Waals surface area contributed by atoms with E-state index in [0.717, 1.165) is 74.8 Å². The van der Waals surface area contributed by atoms with Crippen molar-refractivity contribution >= 4 is 29.3 Å². The van der Waals surface area contributed by atoms with Gasteiger partial charge < -0.3 is 14.7 Å². The summed E-state index contributed by atoms with van der Waals surface area (Å²) in [6.45, 7) is 6.25. The first-order valence-electron chi connectivity index (χ1n) is 13.3. The van der Waals surface area contributed by atoms with Crippen LogP contribution in [0.5, 0.6) is 0 Å². The highest BCUT2D eigenvalue weighted by Crippen LogP contribution is 2.41. The van der Waals surface area contributed by atoms with E-state index < -0.39 is 5.60 Å². The van der Waals surface area contributed by atoms with Gasteiger partial charge in [-0.25, -0.2) is 4.79 Å². The molecule has 2 aromatic rings. The van der Waals surface area contributed by atoms with Crippen LogP contribution in [0.2, 0.25) is 10.0 Å². The molecule has 1 unspecified atom stereocenters. The van der Waals surface area contributed by atoms with Gasteiger partial charge in [0.1, 0.15) is 0 Å². The summed E-state index contributed by atoms with van der Waals surface area (Å²) in [6.07, 6.45) is 6.67. The molecule has 2 aromatic carbocycles. The Morgan fingerprint density at radius 3 is 2.28 bits per heavy atom. The zero-order chi connectivity index (χ0) is 25.5. The minimum absolute atomic E-state index is 0.0173. The molecule has 0 spiro atoms. The molecule has 0 radical (unpaired) electrons. The fourth-order valence-corrected chi connectivity index (χ4v) is 5.75. The molecule has 2 fully saturated rings. The molecule has 1 saturated heterocycles. The number of halogens is 2. The third-order valence-electron chi connectivity index (χ3n) is 7.73. The number of hydrogen-bond acceptors (Lipinski definition) is 4. The van der Waals surface area contributed by atoms with Crippen LogP contribution in [0.3, 0.4) is 0 Å². The predicted octanol–water partition coefficient (Wildman–Crippen LogP) is 6.99. The third kappa shape index (κ3) is 6.74. The molecule has 2 aliphatic rings. The van der Waals surface area contributed by atoms with Crippen LogP contribution in [0.4, 0.5) is 4.79 Å². The summed E-state index contributed by atoms with van der Waals surface area (Å²) in [4.78, 5) is 16.5. The van der Waals surface area contributed by atoms with E-state index in [1.807, 2.05) is 23.1 Å². The number of hydrogen-bond donors (Lipinski definition) is 1. The Kier molecular flexibility index (Phi) is 9.57. The fourth-order valence-electron chi connectivity index (χ4n) is 5.45. The number of rotatable bonds is 8. The predicted molar refractivity (Wildman–Crippen MR) is 147 cm³/mol. The standard InChI is InChI=1S/C29H38Cl2N2O3/c1-2-3-19-36-28(34)33-17-15-32(16-18-33)21-25(29(35)13-5-4-6-14-29)23-9-7-22(8-10-23)24-11-12-26(30)27(31)20-24/h7-12,20,25,35H,2-6,13-19,21H2,1H3. The number of nitrogens with zero attached hydrogens (tertiary/aromatic N) is 2. The van der Waals surface area contributed by atoms with Crippen molar-refractivity contribution in [3.8, 4) is 11.1 Å². The second-order valence-electron chi connectivity index (χ2n) is 10.2. The van der Waals surface area contributed by atoms with Gasteiger partial charge in [-0.1, -0.05) is 86.1 Å². The smallest absolute Gasteiger partial charge is 0.409 e. The molecule has 1 atom stereocenters. The SMILES string of the molecule is CCCCOC(=O)N1CCN(CC(c2ccc(-c3ccc(Cl)c(Cl)c3)cc2)C2(O)CCCCC2)CC1. The highest BCUT2D eigenvalue weighted by molar-refractivity contribution is 6.42. The van der Waals surface area contributed by atoms with Gasteiger partial charge in [-0.2, -0.15) is 0 Å². The van der Waals surface area contributed by atoms with E-state index in [2.05, 4.69) is 36.1 Å². The average molecular weight is 534 g/mol. The molecule has 1 aliphatic carbocycles. The van der Waals surface area contributed by atoms with Crippen LogP contribution in [-0.4, -0.2) is 65.9 Å². The van der Waals surface area contributed by atoms with Crippen molar-refractivity contribution in [2.45, 2.75) is 63.4 Å². The molecule has 1 N–H and O–H groups in total. The molecule has 1 amide bonds. The summed E-state index contributed by atoms with van der Waals surface area (Å²) < 4.78 is 5.39. The number of carbonyl (C=O) groups is 1. The van der Waals surface area contributed by atoms with Crippen molar-refractivity contribution in [2.75, 3.05) is 39.3 Å². The lowest BCUT2D eigenvalue weighted by atomic mass is 9.72. The van der Waals surface area contributed by atoms with Crippen molar-refractivity contribution < 1.29 is 14.6 Å². The van der Waals surface area contributed by atoms with Crippen molar-refractivity contribution in [1.29, 1.82) is 0 Å². The van der Waals surface area contributed by atoms with Crippen LogP contribution in [-0.2, 0) is 4.74 Å². The molecular formula is C29H38Cl2N2O3. The van der Waals surface area contributed by atoms with Gasteiger partial charge >= 0.3 is 6.09 Å². The van der Waals surface area contributed by atoms with Gasteiger partial charge in [0.05, 0.1) is 22.3 Å². The summed E-state index contributed by atoms with van der Waals surface area (Å²) in [5.41, 5.74) is 2.54. The summed E-state index contributed by atoms with van der Waals surface area (Å²) in [5.74, 6) is 0.0173. The van der Waals surface area contributed by atoms with E-state index >= 15 is 0 Å². The normalized spacial score (nSPS) is 19.2. The number of amides is 1. The van der Waals surface area contributed by atoms with Crippen LogP contribution in [0.1, 0.15) is 63.4 Å². The largest absolute Gasteiger partial charge is 0.449 e. The van der Waals surface area contributed by atoms with E-state index in [0.29, 0.717) is 29.7 Å². The van der Waals surface area contributed by atoms with E-state index in [-0.39, 0.29) is 12.0 Å². The number of piperazine rings is 1. The highest BCUT2D eigenvalue weighted by atomic mass is 35.5. The number of carbonyl (C=O) groups excluding carboxylic acids is 1. The lowest BCUT2D eigenvalue weighted by Gasteiger charge is -2.43. The monoisotopic (exact) mass is 532 g/mol. The van der Waals surface area contributed by atoms with Crippen LogP contribution in [0.25, 0.3) is 11.1 Å². The second kappa shape index (κ2) is 12.6. The summed E-state index contributed by atoms with van der Waals surface area (Å²) in [7, 11) is 0. The molecule has 1 heterocycles. The van der Waals surface area contributed by atoms with Gasteiger partial charge in [-0.15, -0.1) is 0 Å². The van der Waals surface area contributed by atoms with E-state index in [4.69, 9.17) is 27.9 Å². The zero-order valence-electron chi connectivity index (χ0n) is 21.2. The minimum Gasteiger partial charge on any atom is -0.449 e. The van der Waals surface area contributed by atoms with Crippen molar-refractivity contribution in [3.63, 3.8) is 0 Å². The molecule has 7 heteroatoms.